The average Bonchev–Trinajstić information content (AvgIpc) is 2.19. The monoisotopic (exact) mass is 236 g/mol. The van der Waals surface area contributed by atoms with Gasteiger partial charge in [0.05, 0.1) is 19.4 Å². The van der Waals surface area contributed by atoms with Gasteiger partial charge >= 0.3 is 7.60 Å². The molecule has 1 atom stereocenters. The number of nitrogens with one attached hydrogen (secondary N) is 2. The Morgan fingerprint density at radius 2 is 1.93 bits per heavy atom. The van der Waals surface area contributed by atoms with Crippen molar-refractivity contribution in [3.05, 3.63) is 0 Å². The molecule has 0 radical (unpaired) electrons. The topological polar surface area (TPSA) is 59.6 Å². The van der Waals surface area contributed by atoms with Gasteiger partial charge in [0.25, 0.3) is 0 Å². The van der Waals surface area contributed by atoms with E-state index in [1.54, 1.807) is 0 Å². The standard InChI is InChI=1S/C9H21N2O3P/c1-3-13-15(12,14-4-2)8-9-7-10-5-6-11-9/h9-11H,3-8H2,1-2H3. The highest BCUT2D eigenvalue weighted by Crippen LogP contribution is 2.48. The molecule has 0 aromatic rings. The second-order valence-electron chi connectivity index (χ2n) is 3.48. The Morgan fingerprint density at radius 1 is 1.27 bits per heavy atom. The summed E-state index contributed by atoms with van der Waals surface area (Å²) in [6.45, 7) is 7.21. The lowest BCUT2D eigenvalue weighted by Crippen LogP contribution is -2.50. The van der Waals surface area contributed by atoms with Gasteiger partial charge in [-0.15, -0.1) is 0 Å². The highest BCUT2D eigenvalue weighted by Gasteiger charge is 2.28. The molecule has 0 aliphatic carbocycles. The molecule has 6 heteroatoms. The van der Waals surface area contributed by atoms with Crippen LogP contribution < -0.4 is 10.6 Å². The lowest BCUT2D eigenvalue weighted by Gasteiger charge is -2.27. The summed E-state index contributed by atoms with van der Waals surface area (Å²) in [5.74, 6) is 0. The van der Waals surface area contributed by atoms with E-state index in [1.165, 1.54) is 0 Å². The van der Waals surface area contributed by atoms with Crippen molar-refractivity contribution in [3.8, 4) is 0 Å². The van der Waals surface area contributed by atoms with Crippen LogP contribution in [0.15, 0.2) is 0 Å². The molecule has 1 aliphatic heterocycles. The molecule has 0 saturated carbocycles. The number of hydrogen-bond donors (Lipinski definition) is 2. The van der Waals surface area contributed by atoms with Crippen LogP contribution >= 0.6 is 7.60 Å². The molecule has 1 heterocycles. The molecule has 0 bridgehead atoms. The Hall–Kier alpha value is 0.0700. The van der Waals surface area contributed by atoms with E-state index in [1.807, 2.05) is 13.8 Å². The van der Waals surface area contributed by atoms with Crippen LogP contribution in [0.25, 0.3) is 0 Å². The van der Waals surface area contributed by atoms with E-state index in [2.05, 4.69) is 10.6 Å². The quantitative estimate of drug-likeness (QED) is 0.668. The zero-order valence-corrected chi connectivity index (χ0v) is 10.4. The fourth-order valence-corrected chi connectivity index (χ4v) is 3.52. The van der Waals surface area contributed by atoms with Gasteiger partial charge in [0.1, 0.15) is 0 Å². The summed E-state index contributed by atoms with van der Waals surface area (Å²) in [4.78, 5) is 0. The maximum atomic E-state index is 12.2. The summed E-state index contributed by atoms with van der Waals surface area (Å²) >= 11 is 0. The number of piperazine rings is 1. The van der Waals surface area contributed by atoms with Crippen LogP contribution in [0.2, 0.25) is 0 Å². The maximum absolute atomic E-state index is 12.2. The van der Waals surface area contributed by atoms with E-state index >= 15 is 0 Å². The van der Waals surface area contributed by atoms with E-state index in [0.29, 0.717) is 19.4 Å². The van der Waals surface area contributed by atoms with E-state index in [4.69, 9.17) is 9.05 Å². The van der Waals surface area contributed by atoms with Crippen LogP contribution in [-0.4, -0.2) is 45.1 Å². The van der Waals surface area contributed by atoms with Gasteiger partial charge in [-0.25, -0.2) is 0 Å². The molecule has 1 fully saturated rings. The predicted molar refractivity (Wildman–Crippen MR) is 60.4 cm³/mol. The first kappa shape index (κ1) is 13.1. The first-order valence-electron chi connectivity index (χ1n) is 5.52. The lowest BCUT2D eigenvalue weighted by molar-refractivity contribution is 0.216. The van der Waals surface area contributed by atoms with Gasteiger partial charge in [0, 0.05) is 25.7 Å². The zero-order valence-electron chi connectivity index (χ0n) is 9.49. The minimum atomic E-state index is -2.89. The summed E-state index contributed by atoms with van der Waals surface area (Å²) in [7, 11) is -2.89. The molecule has 0 aromatic heterocycles. The number of hydrogen-bond acceptors (Lipinski definition) is 5. The summed E-state index contributed by atoms with van der Waals surface area (Å²) in [5.41, 5.74) is 0. The smallest absolute Gasteiger partial charge is 0.314 e. The molecule has 15 heavy (non-hydrogen) atoms. The molecule has 2 N–H and O–H groups in total. The van der Waals surface area contributed by atoms with Gasteiger partial charge < -0.3 is 19.7 Å². The average molecular weight is 236 g/mol. The molecule has 0 amide bonds. The Balaban J connectivity index is 2.45. The fourth-order valence-electron chi connectivity index (χ4n) is 1.65. The second-order valence-corrected chi connectivity index (χ2v) is 5.59. The normalized spacial score (nSPS) is 22.9. The Labute approximate surface area is 91.4 Å². The molecule has 1 unspecified atom stereocenters. The maximum Gasteiger partial charge on any atom is 0.332 e. The highest BCUT2D eigenvalue weighted by atomic mass is 31.2. The molecule has 1 aliphatic rings. The first-order chi connectivity index (χ1) is 7.20. The Morgan fingerprint density at radius 3 is 2.40 bits per heavy atom. The van der Waals surface area contributed by atoms with E-state index in [-0.39, 0.29) is 6.04 Å². The Bertz CT molecular complexity index is 209. The van der Waals surface area contributed by atoms with Crippen molar-refractivity contribution in [1.82, 2.24) is 10.6 Å². The molecule has 5 nitrogen and oxygen atoms in total. The van der Waals surface area contributed by atoms with Crippen LogP contribution in [-0.2, 0) is 13.6 Å². The third-order valence-corrected chi connectivity index (χ3v) is 4.41. The van der Waals surface area contributed by atoms with Crippen molar-refractivity contribution >= 4 is 7.60 Å². The van der Waals surface area contributed by atoms with Gasteiger partial charge in [0.15, 0.2) is 0 Å². The SMILES string of the molecule is CCOP(=O)(CC1CNCCN1)OCC. The van der Waals surface area contributed by atoms with Crippen molar-refractivity contribution in [1.29, 1.82) is 0 Å². The predicted octanol–water partition coefficient (Wildman–Crippen LogP) is 0.814. The van der Waals surface area contributed by atoms with Crippen molar-refractivity contribution in [2.24, 2.45) is 0 Å². The molecule has 0 aromatic carbocycles. The van der Waals surface area contributed by atoms with Crippen LogP contribution in [0.1, 0.15) is 13.8 Å². The molecular formula is C9H21N2O3P. The van der Waals surface area contributed by atoms with Crippen molar-refractivity contribution in [3.63, 3.8) is 0 Å². The lowest BCUT2D eigenvalue weighted by atomic mass is 10.3. The van der Waals surface area contributed by atoms with Crippen LogP contribution in [0.4, 0.5) is 0 Å². The summed E-state index contributed by atoms with van der Waals surface area (Å²) < 4.78 is 22.6. The Kier molecular flexibility index (Phi) is 5.79. The van der Waals surface area contributed by atoms with Gasteiger partial charge in [0.2, 0.25) is 0 Å². The minimum Gasteiger partial charge on any atom is -0.314 e. The highest BCUT2D eigenvalue weighted by molar-refractivity contribution is 7.53. The van der Waals surface area contributed by atoms with E-state index in [0.717, 1.165) is 19.6 Å². The molecule has 1 saturated heterocycles. The van der Waals surface area contributed by atoms with Crippen molar-refractivity contribution in [2.75, 3.05) is 39.0 Å². The summed E-state index contributed by atoms with van der Waals surface area (Å²) in [5, 5.41) is 6.54. The van der Waals surface area contributed by atoms with Crippen LogP contribution in [0.5, 0.6) is 0 Å². The molecule has 90 valence electrons. The van der Waals surface area contributed by atoms with Gasteiger partial charge in [-0.3, -0.25) is 4.57 Å². The zero-order chi connectivity index (χ0) is 11.1. The van der Waals surface area contributed by atoms with Gasteiger partial charge in [-0.2, -0.15) is 0 Å². The van der Waals surface area contributed by atoms with Crippen LogP contribution in [0, 0.1) is 0 Å². The molecular weight excluding hydrogens is 215 g/mol. The molecule has 1 rings (SSSR count). The minimum absolute atomic E-state index is 0.183. The van der Waals surface area contributed by atoms with Gasteiger partial charge in [-0.1, -0.05) is 0 Å². The largest absolute Gasteiger partial charge is 0.332 e. The first-order valence-corrected chi connectivity index (χ1v) is 7.25. The number of rotatable bonds is 6. The second kappa shape index (κ2) is 6.61. The summed E-state index contributed by atoms with van der Waals surface area (Å²) in [6, 6.07) is 0.183. The molecule has 0 spiro atoms. The van der Waals surface area contributed by atoms with E-state index in [9.17, 15) is 4.57 Å². The van der Waals surface area contributed by atoms with Crippen molar-refractivity contribution in [2.45, 2.75) is 19.9 Å². The van der Waals surface area contributed by atoms with Crippen LogP contribution in [0.3, 0.4) is 0 Å². The summed E-state index contributed by atoms with van der Waals surface area (Å²) in [6.07, 6.45) is 0.446. The van der Waals surface area contributed by atoms with Gasteiger partial charge in [-0.05, 0) is 13.8 Å². The van der Waals surface area contributed by atoms with E-state index < -0.39 is 7.60 Å². The fraction of sp³-hybridized carbons (Fsp3) is 1.00. The third kappa shape index (κ3) is 4.62. The van der Waals surface area contributed by atoms with Crippen molar-refractivity contribution < 1.29 is 13.6 Å². The third-order valence-electron chi connectivity index (χ3n) is 2.22.